The molecule has 0 saturated carbocycles. The lowest BCUT2D eigenvalue weighted by Gasteiger charge is -1.77. The van der Waals surface area contributed by atoms with Crippen molar-refractivity contribution in [1.82, 2.24) is 0 Å². The van der Waals surface area contributed by atoms with Crippen LogP contribution in [0.3, 0.4) is 0 Å². The summed E-state index contributed by atoms with van der Waals surface area (Å²) in [6.07, 6.45) is 0.325. The van der Waals surface area contributed by atoms with Gasteiger partial charge in [0, 0.05) is 5.75 Å². The Morgan fingerprint density at radius 3 is 2.43 bits per heavy atom. The summed E-state index contributed by atoms with van der Waals surface area (Å²) >= 11 is 3.96. The van der Waals surface area contributed by atoms with Gasteiger partial charge in [0.25, 0.3) is 0 Å². The second-order valence-corrected chi connectivity index (χ2v) is 1.94. The third kappa shape index (κ3) is 1.08. The van der Waals surface area contributed by atoms with Gasteiger partial charge in [-0.2, -0.15) is 12.6 Å². The third-order valence-electron chi connectivity index (χ3n) is 1.05. The fourth-order valence-corrected chi connectivity index (χ4v) is 0.822. The van der Waals surface area contributed by atoms with E-state index in [9.17, 15) is 0 Å². The molecule has 1 aliphatic heterocycles. The van der Waals surface area contributed by atoms with E-state index in [1.807, 2.05) is 0 Å². The van der Waals surface area contributed by atoms with Crippen molar-refractivity contribution in [3.63, 3.8) is 0 Å². The fourth-order valence-electron chi connectivity index (χ4n) is 0.500. The first-order valence-corrected chi connectivity index (χ1v) is 2.89. The molecule has 0 radical (unpaired) electrons. The molecule has 1 fully saturated rings. The zero-order valence-corrected chi connectivity index (χ0v) is 4.77. The second kappa shape index (κ2) is 2.03. The number of hydrogen-bond donors (Lipinski definition) is 2. The first kappa shape index (κ1) is 5.41. The molecule has 0 aromatic heterocycles. The van der Waals surface area contributed by atoms with Gasteiger partial charge < -0.3 is 9.84 Å². The maximum absolute atomic E-state index is 8.35. The third-order valence-corrected chi connectivity index (χ3v) is 1.41. The largest absolute Gasteiger partial charge is 0.394 e. The van der Waals surface area contributed by atoms with Crippen LogP contribution in [0.15, 0.2) is 0 Å². The van der Waals surface area contributed by atoms with Crippen molar-refractivity contribution in [2.75, 3.05) is 12.4 Å². The second-order valence-electron chi connectivity index (χ2n) is 1.58. The smallest absolute Gasteiger partial charge is 0.108 e. The number of epoxide rings is 1. The molecule has 3 heteroatoms. The van der Waals surface area contributed by atoms with E-state index in [2.05, 4.69) is 12.6 Å². The van der Waals surface area contributed by atoms with Crippen LogP contribution in [0.5, 0.6) is 0 Å². The monoisotopic (exact) mass is 120 g/mol. The highest BCUT2D eigenvalue weighted by molar-refractivity contribution is 7.80. The molecule has 1 aliphatic rings. The van der Waals surface area contributed by atoms with Gasteiger partial charge >= 0.3 is 0 Å². The van der Waals surface area contributed by atoms with E-state index >= 15 is 0 Å². The van der Waals surface area contributed by atoms with Gasteiger partial charge in [0.1, 0.15) is 6.10 Å². The molecule has 0 amide bonds. The zero-order chi connectivity index (χ0) is 5.28. The molecular weight excluding hydrogens is 112 g/mol. The van der Waals surface area contributed by atoms with Crippen molar-refractivity contribution >= 4 is 12.6 Å². The zero-order valence-electron chi connectivity index (χ0n) is 3.87. The van der Waals surface area contributed by atoms with Gasteiger partial charge in [-0.25, -0.2) is 0 Å². The molecule has 1 heterocycles. The minimum Gasteiger partial charge on any atom is -0.394 e. The molecule has 2 atom stereocenters. The lowest BCUT2D eigenvalue weighted by atomic mass is 10.4. The van der Waals surface area contributed by atoms with Gasteiger partial charge in [-0.05, 0) is 0 Å². The predicted molar refractivity (Wildman–Crippen MR) is 29.6 cm³/mol. The van der Waals surface area contributed by atoms with Gasteiger partial charge in [-0.1, -0.05) is 0 Å². The topological polar surface area (TPSA) is 32.8 Å². The molecule has 0 spiro atoms. The SMILES string of the molecule is OCC1OC1CS. The molecule has 1 rings (SSSR count). The molecule has 0 bridgehead atoms. The lowest BCUT2D eigenvalue weighted by molar-refractivity contribution is 0.242. The number of aliphatic hydroxyl groups is 1. The molecule has 42 valence electrons. The molecule has 7 heavy (non-hydrogen) atoms. The highest BCUT2D eigenvalue weighted by Gasteiger charge is 2.36. The maximum atomic E-state index is 8.35. The Morgan fingerprint density at radius 2 is 2.29 bits per heavy atom. The van der Waals surface area contributed by atoms with Gasteiger partial charge in [0.15, 0.2) is 0 Å². The first-order chi connectivity index (χ1) is 3.38. The quantitative estimate of drug-likeness (QED) is 0.386. The number of ether oxygens (including phenoxy) is 1. The Bertz CT molecular complexity index is 58.7. The van der Waals surface area contributed by atoms with Crippen LogP contribution in [0.4, 0.5) is 0 Å². The highest BCUT2D eigenvalue weighted by Crippen LogP contribution is 2.21. The lowest BCUT2D eigenvalue weighted by Crippen LogP contribution is -1.98. The first-order valence-electron chi connectivity index (χ1n) is 2.25. The normalized spacial score (nSPS) is 38.6. The van der Waals surface area contributed by atoms with E-state index in [1.54, 1.807) is 0 Å². The van der Waals surface area contributed by atoms with Crippen LogP contribution in [-0.4, -0.2) is 29.7 Å². The standard InChI is InChI=1S/C4H8O2S/c5-1-3-4(2-7)6-3/h3-5,7H,1-2H2. The van der Waals surface area contributed by atoms with Crippen LogP contribution in [-0.2, 0) is 4.74 Å². The molecule has 1 saturated heterocycles. The number of rotatable bonds is 2. The average molecular weight is 120 g/mol. The van der Waals surface area contributed by atoms with Crippen molar-refractivity contribution in [2.45, 2.75) is 12.2 Å². The summed E-state index contributed by atoms with van der Waals surface area (Å²) in [5.74, 6) is 0.727. The van der Waals surface area contributed by atoms with Crippen molar-refractivity contribution in [2.24, 2.45) is 0 Å². The Hall–Kier alpha value is 0.270. The van der Waals surface area contributed by atoms with E-state index in [4.69, 9.17) is 9.84 Å². The fraction of sp³-hybridized carbons (Fsp3) is 1.00. The van der Waals surface area contributed by atoms with Crippen molar-refractivity contribution in [1.29, 1.82) is 0 Å². The van der Waals surface area contributed by atoms with E-state index in [-0.39, 0.29) is 18.8 Å². The van der Waals surface area contributed by atoms with Gasteiger partial charge in [0.05, 0.1) is 12.7 Å². The minimum absolute atomic E-state index is 0.0949. The predicted octanol–water partition coefficient (Wildman–Crippen LogP) is -0.324. The van der Waals surface area contributed by atoms with Crippen LogP contribution in [0, 0.1) is 0 Å². The number of hydrogen-bond acceptors (Lipinski definition) is 3. The van der Waals surface area contributed by atoms with Crippen LogP contribution in [0.25, 0.3) is 0 Å². The van der Waals surface area contributed by atoms with Crippen molar-refractivity contribution < 1.29 is 9.84 Å². The van der Waals surface area contributed by atoms with E-state index in [0.717, 1.165) is 5.75 Å². The summed E-state index contributed by atoms with van der Waals surface area (Å²) < 4.78 is 4.89. The molecule has 2 unspecified atom stereocenters. The summed E-state index contributed by atoms with van der Waals surface area (Å²) in [7, 11) is 0. The van der Waals surface area contributed by atoms with E-state index in [1.165, 1.54) is 0 Å². The van der Waals surface area contributed by atoms with Crippen LogP contribution in [0.1, 0.15) is 0 Å². The molecule has 0 aliphatic carbocycles. The summed E-state index contributed by atoms with van der Waals surface area (Å²) in [5, 5.41) is 8.35. The van der Waals surface area contributed by atoms with Crippen LogP contribution >= 0.6 is 12.6 Å². The van der Waals surface area contributed by atoms with Gasteiger partial charge in [0.2, 0.25) is 0 Å². The molecule has 0 aromatic rings. The van der Waals surface area contributed by atoms with Gasteiger partial charge in [-0.3, -0.25) is 0 Å². The summed E-state index contributed by atoms with van der Waals surface area (Å²) in [6.45, 7) is 0.144. The maximum Gasteiger partial charge on any atom is 0.108 e. The number of aliphatic hydroxyl groups excluding tert-OH is 1. The Balaban J connectivity index is 2.06. The van der Waals surface area contributed by atoms with Crippen molar-refractivity contribution in [3.8, 4) is 0 Å². The Labute approximate surface area is 47.9 Å². The minimum atomic E-state index is 0.0949. The van der Waals surface area contributed by atoms with Crippen LogP contribution < -0.4 is 0 Å². The highest BCUT2D eigenvalue weighted by atomic mass is 32.1. The Morgan fingerprint density at radius 1 is 1.57 bits per heavy atom. The number of thiol groups is 1. The van der Waals surface area contributed by atoms with Crippen molar-refractivity contribution in [3.05, 3.63) is 0 Å². The molecular formula is C4H8O2S. The molecule has 2 nitrogen and oxygen atoms in total. The molecule has 0 aromatic carbocycles. The van der Waals surface area contributed by atoms with E-state index < -0.39 is 0 Å². The average Bonchev–Trinajstić information content (AvgIpc) is 2.43. The summed E-state index contributed by atoms with van der Waals surface area (Å²) in [5.41, 5.74) is 0. The van der Waals surface area contributed by atoms with E-state index in [0.29, 0.717) is 0 Å². The van der Waals surface area contributed by atoms with Crippen LogP contribution in [0.2, 0.25) is 0 Å². The Kier molecular flexibility index (Phi) is 1.57. The molecule has 1 N–H and O–H groups in total. The summed E-state index contributed by atoms with van der Waals surface area (Å²) in [6, 6.07) is 0. The summed E-state index contributed by atoms with van der Waals surface area (Å²) in [4.78, 5) is 0. The van der Waals surface area contributed by atoms with Gasteiger partial charge in [-0.15, -0.1) is 0 Å².